The van der Waals surface area contributed by atoms with Gasteiger partial charge in [-0.25, -0.2) is 4.68 Å². The molecule has 5 nitrogen and oxygen atoms in total. The lowest BCUT2D eigenvalue weighted by molar-refractivity contribution is 0.0932. The summed E-state index contributed by atoms with van der Waals surface area (Å²) < 4.78 is 8.18. The van der Waals surface area contributed by atoms with Crippen LogP contribution in [0.25, 0.3) is 0 Å². The van der Waals surface area contributed by atoms with Crippen LogP contribution in [0.4, 0.5) is 0 Å². The molecule has 0 radical (unpaired) electrons. The largest absolute Gasteiger partial charge is 0.471 e. The van der Waals surface area contributed by atoms with E-state index < -0.39 is 0 Å². The van der Waals surface area contributed by atoms with Gasteiger partial charge in [0.15, 0.2) is 6.73 Å². The van der Waals surface area contributed by atoms with Crippen molar-refractivity contribution < 1.29 is 9.53 Å². The highest BCUT2D eigenvalue weighted by Gasteiger charge is 2.11. The number of carbonyl (C=O) groups is 1. The summed E-state index contributed by atoms with van der Waals surface area (Å²) in [6.45, 7) is 4.25. The van der Waals surface area contributed by atoms with E-state index in [-0.39, 0.29) is 18.7 Å². The van der Waals surface area contributed by atoms with Crippen LogP contribution in [0.3, 0.4) is 0 Å². The lowest BCUT2D eigenvalue weighted by atomic mass is 10.2. The van der Waals surface area contributed by atoms with Crippen LogP contribution in [-0.2, 0) is 6.73 Å². The molecule has 1 aromatic heterocycles. The Kier molecular flexibility index (Phi) is 5.38. The standard InChI is InChI=1S/C15H18BrN3O2/c1-3-11(2)17-15(20)14-8-9-19(18-14)10-21-13-6-4-12(16)5-7-13/h4-9,11H,3,10H2,1-2H3,(H,17,20). The molecule has 0 aliphatic heterocycles. The van der Waals surface area contributed by atoms with E-state index in [1.54, 1.807) is 16.9 Å². The Hall–Kier alpha value is -1.82. The van der Waals surface area contributed by atoms with Crippen LogP contribution in [0, 0.1) is 0 Å². The number of aromatic nitrogens is 2. The lowest BCUT2D eigenvalue weighted by Crippen LogP contribution is -2.32. The van der Waals surface area contributed by atoms with Crippen LogP contribution < -0.4 is 10.1 Å². The van der Waals surface area contributed by atoms with E-state index in [2.05, 4.69) is 26.3 Å². The van der Waals surface area contributed by atoms with Gasteiger partial charge < -0.3 is 10.1 Å². The lowest BCUT2D eigenvalue weighted by Gasteiger charge is -2.09. The molecule has 1 unspecified atom stereocenters. The van der Waals surface area contributed by atoms with Crippen LogP contribution >= 0.6 is 15.9 Å². The average Bonchev–Trinajstić information content (AvgIpc) is 2.95. The van der Waals surface area contributed by atoms with Crippen molar-refractivity contribution in [1.29, 1.82) is 0 Å². The highest BCUT2D eigenvalue weighted by molar-refractivity contribution is 9.10. The Morgan fingerprint density at radius 2 is 2.10 bits per heavy atom. The Labute approximate surface area is 132 Å². The van der Waals surface area contributed by atoms with Crippen molar-refractivity contribution in [3.63, 3.8) is 0 Å². The molecule has 0 aliphatic carbocycles. The second-order valence-corrected chi connectivity index (χ2v) is 5.67. The van der Waals surface area contributed by atoms with Gasteiger partial charge in [0.1, 0.15) is 11.4 Å². The Morgan fingerprint density at radius 3 is 2.76 bits per heavy atom. The molecular weight excluding hydrogens is 334 g/mol. The fraction of sp³-hybridized carbons (Fsp3) is 0.333. The highest BCUT2D eigenvalue weighted by Crippen LogP contribution is 2.16. The monoisotopic (exact) mass is 351 g/mol. The average molecular weight is 352 g/mol. The third kappa shape index (κ3) is 4.60. The third-order valence-electron chi connectivity index (χ3n) is 3.04. The Morgan fingerprint density at radius 1 is 1.38 bits per heavy atom. The van der Waals surface area contributed by atoms with Crippen LogP contribution in [0.2, 0.25) is 0 Å². The van der Waals surface area contributed by atoms with Crippen molar-refractivity contribution in [3.05, 3.63) is 46.7 Å². The number of halogens is 1. The van der Waals surface area contributed by atoms with Gasteiger partial charge in [-0.15, -0.1) is 0 Å². The first-order valence-corrected chi connectivity index (χ1v) is 7.60. The number of hydrogen-bond donors (Lipinski definition) is 1. The summed E-state index contributed by atoms with van der Waals surface area (Å²) in [6, 6.07) is 9.37. The van der Waals surface area contributed by atoms with Gasteiger partial charge in [0, 0.05) is 16.7 Å². The van der Waals surface area contributed by atoms with Crippen molar-refractivity contribution in [2.75, 3.05) is 0 Å². The second kappa shape index (κ2) is 7.26. The summed E-state index contributed by atoms with van der Waals surface area (Å²) in [7, 11) is 0. The summed E-state index contributed by atoms with van der Waals surface area (Å²) in [6.07, 6.45) is 2.61. The zero-order valence-electron chi connectivity index (χ0n) is 12.0. The van der Waals surface area contributed by atoms with Gasteiger partial charge in [0.05, 0.1) is 0 Å². The molecule has 1 N–H and O–H groups in total. The van der Waals surface area contributed by atoms with Crippen molar-refractivity contribution >= 4 is 21.8 Å². The molecule has 1 heterocycles. The molecular formula is C15H18BrN3O2. The summed E-state index contributed by atoms with van der Waals surface area (Å²) in [5.41, 5.74) is 0.398. The topological polar surface area (TPSA) is 56.2 Å². The summed E-state index contributed by atoms with van der Waals surface area (Å²) in [5.74, 6) is 0.589. The molecule has 0 spiro atoms. The van der Waals surface area contributed by atoms with Crippen LogP contribution in [-0.4, -0.2) is 21.7 Å². The first kappa shape index (κ1) is 15.6. The van der Waals surface area contributed by atoms with Crippen molar-refractivity contribution in [3.8, 4) is 5.75 Å². The molecule has 0 aliphatic rings. The molecule has 0 fully saturated rings. The van der Waals surface area contributed by atoms with Crippen molar-refractivity contribution in [2.24, 2.45) is 0 Å². The maximum atomic E-state index is 11.9. The SMILES string of the molecule is CCC(C)NC(=O)c1ccn(COc2ccc(Br)cc2)n1. The van der Waals surface area contributed by atoms with E-state index in [1.807, 2.05) is 38.1 Å². The van der Waals surface area contributed by atoms with E-state index >= 15 is 0 Å². The minimum atomic E-state index is -0.160. The number of hydrogen-bond acceptors (Lipinski definition) is 3. The minimum Gasteiger partial charge on any atom is -0.471 e. The third-order valence-corrected chi connectivity index (χ3v) is 3.57. The molecule has 6 heteroatoms. The Balaban J connectivity index is 1.91. The number of ether oxygens (including phenoxy) is 1. The maximum absolute atomic E-state index is 11.9. The van der Waals surface area contributed by atoms with E-state index in [4.69, 9.17) is 4.74 Å². The number of amides is 1. The van der Waals surface area contributed by atoms with E-state index in [1.165, 1.54) is 0 Å². The van der Waals surface area contributed by atoms with E-state index in [0.29, 0.717) is 5.69 Å². The predicted octanol–water partition coefficient (Wildman–Crippen LogP) is 3.21. The first-order chi connectivity index (χ1) is 10.1. The van der Waals surface area contributed by atoms with Gasteiger partial charge in [-0.3, -0.25) is 4.79 Å². The zero-order valence-corrected chi connectivity index (χ0v) is 13.6. The second-order valence-electron chi connectivity index (χ2n) is 4.75. The zero-order chi connectivity index (χ0) is 15.2. The minimum absolute atomic E-state index is 0.140. The van der Waals surface area contributed by atoms with Crippen LogP contribution in [0.15, 0.2) is 41.0 Å². The molecule has 0 bridgehead atoms. The van der Waals surface area contributed by atoms with Crippen LogP contribution in [0.5, 0.6) is 5.75 Å². The van der Waals surface area contributed by atoms with Crippen molar-refractivity contribution in [1.82, 2.24) is 15.1 Å². The number of nitrogens with zero attached hydrogens (tertiary/aromatic N) is 2. The molecule has 21 heavy (non-hydrogen) atoms. The highest BCUT2D eigenvalue weighted by atomic mass is 79.9. The fourth-order valence-electron chi connectivity index (χ4n) is 1.63. The molecule has 0 saturated carbocycles. The molecule has 2 rings (SSSR count). The van der Waals surface area contributed by atoms with Gasteiger partial charge in [-0.1, -0.05) is 22.9 Å². The number of carbonyl (C=O) groups excluding carboxylic acids is 1. The quantitative estimate of drug-likeness (QED) is 0.869. The smallest absolute Gasteiger partial charge is 0.271 e. The number of nitrogens with one attached hydrogen (secondary N) is 1. The summed E-state index contributed by atoms with van der Waals surface area (Å²) in [5, 5.41) is 7.08. The predicted molar refractivity (Wildman–Crippen MR) is 84.2 cm³/mol. The first-order valence-electron chi connectivity index (χ1n) is 6.81. The molecule has 112 valence electrons. The normalized spacial score (nSPS) is 12.0. The Bertz CT molecular complexity index is 595. The van der Waals surface area contributed by atoms with Gasteiger partial charge in [-0.05, 0) is 43.7 Å². The van der Waals surface area contributed by atoms with E-state index in [0.717, 1.165) is 16.6 Å². The molecule has 1 amide bonds. The number of benzene rings is 1. The summed E-state index contributed by atoms with van der Waals surface area (Å²) in [4.78, 5) is 11.9. The van der Waals surface area contributed by atoms with Gasteiger partial charge >= 0.3 is 0 Å². The molecule has 1 atom stereocenters. The molecule has 1 aromatic carbocycles. The maximum Gasteiger partial charge on any atom is 0.271 e. The molecule has 2 aromatic rings. The van der Waals surface area contributed by atoms with E-state index in [9.17, 15) is 4.79 Å². The summed E-state index contributed by atoms with van der Waals surface area (Å²) >= 11 is 3.37. The molecule has 0 saturated heterocycles. The number of rotatable bonds is 6. The van der Waals surface area contributed by atoms with Gasteiger partial charge in [-0.2, -0.15) is 5.10 Å². The van der Waals surface area contributed by atoms with Gasteiger partial charge in [0.25, 0.3) is 5.91 Å². The fourth-order valence-corrected chi connectivity index (χ4v) is 1.89. The van der Waals surface area contributed by atoms with Gasteiger partial charge in [0.2, 0.25) is 0 Å². The van der Waals surface area contributed by atoms with Crippen molar-refractivity contribution in [2.45, 2.75) is 33.0 Å². The van der Waals surface area contributed by atoms with Crippen LogP contribution in [0.1, 0.15) is 30.8 Å².